The Morgan fingerprint density at radius 2 is 1.73 bits per heavy atom. The van der Waals surface area contributed by atoms with Crippen LogP contribution in [0.3, 0.4) is 0 Å². The number of nitrogens with zero attached hydrogens (tertiary/aromatic N) is 1. The van der Waals surface area contributed by atoms with Crippen molar-refractivity contribution in [1.29, 1.82) is 5.26 Å². The highest BCUT2D eigenvalue weighted by molar-refractivity contribution is 7.14. The minimum absolute atomic E-state index is 0.128. The largest absolute Gasteiger partial charge is 0.497 e. The smallest absolute Gasteiger partial charge is 0.348 e. The van der Waals surface area contributed by atoms with Crippen LogP contribution >= 0.6 is 11.3 Å². The SMILES string of the molecule is CCOC(=O)c1sc(CC(=O)/C(C#N)=C/c2ccc(OC)cc2OC)c(C(=O)OCC)c1C. The lowest BCUT2D eigenvalue weighted by atomic mass is 10.0. The topological polar surface area (TPSA) is 112 Å². The summed E-state index contributed by atoms with van der Waals surface area (Å²) in [6.07, 6.45) is 1.16. The molecule has 0 atom stereocenters. The number of hydrogen-bond acceptors (Lipinski definition) is 9. The van der Waals surface area contributed by atoms with E-state index < -0.39 is 17.7 Å². The molecule has 174 valence electrons. The minimum atomic E-state index is -0.635. The molecule has 0 saturated carbocycles. The van der Waals surface area contributed by atoms with Gasteiger partial charge in [0.25, 0.3) is 0 Å². The number of ether oxygens (including phenoxy) is 4. The number of benzene rings is 1. The van der Waals surface area contributed by atoms with E-state index in [4.69, 9.17) is 18.9 Å². The van der Waals surface area contributed by atoms with Crippen LogP contribution in [0.5, 0.6) is 11.5 Å². The van der Waals surface area contributed by atoms with Crippen molar-refractivity contribution in [3.63, 3.8) is 0 Å². The molecule has 0 unspecified atom stereocenters. The van der Waals surface area contributed by atoms with E-state index in [1.807, 2.05) is 6.07 Å². The second kappa shape index (κ2) is 11.8. The lowest BCUT2D eigenvalue weighted by Gasteiger charge is -2.08. The van der Waals surface area contributed by atoms with Crippen LogP contribution in [0.4, 0.5) is 0 Å². The van der Waals surface area contributed by atoms with Crippen LogP contribution in [-0.2, 0) is 20.7 Å². The number of hydrogen-bond donors (Lipinski definition) is 0. The first kappa shape index (κ1) is 25.6. The number of esters is 2. The summed E-state index contributed by atoms with van der Waals surface area (Å²) in [5.41, 5.74) is 0.928. The second-order valence-electron chi connectivity index (χ2n) is 6.67. The normalized spacial score (nSPS) is 10.8. The third-order valence-electron chi connectivity index (χ3n) is 4.64. The zero-order valence-electron chi connectivity index (χ0n) is 19.1. The summed E-state index contributed by atoms with van der Waals surface area (Å²) in [7, 11) is 2.99. The number of carbonyl (C=O) groups excluding carboxylic acids is 3. The Morgan fingerprint density at radius 3 is 2.30 bits per heavy atom. The first-order valence-corrected chi connectivity index (χ1v) is 11.0. The van der Waals surface area contributed by atoms with E-state index in [2.05, 4.69) is 0 Å². The van der Waals surface area contributed by atoms with E-state index in [9.17, 15) is 19.6 Å². The summed E-state index contributed by atoms with van der Waals surface area (Å²) >= 11 is 0.989. The molecule has 0 radical (unpaired) electrons. The number of Topliss-reactive ketones (excluding diaryl/α,β-unsaturated/α-hetero) is 1. The van der Waals surface area contributed by atoms with Crippen molar-refractivity contribution in [2.75, 3.05) is 27.4 Å². The number of ketones is 1. The maximum absolute atomic E-state index is 13.0. The van der Waals surface area contributed by atoms with Crippen LogP contribution < -0.4 is 9.47 Å². The van der Waals surface area contributed by atoms with Gasteiger partial charge < -0.3 is 18.9 Å². The van der Waals surface area contributed by atoms with Gasteiger partial charge in [0.15, 0.2) is 5.78 Å². The summed E-state index contributed by atoms with van der Waals surface area (Å²) in [6.45, 7) is 5.25. The molecule has 0 aliphatic rings. The molecular formula is C24H25NO7S. The molecule has 2 rings (SSSR count). The number of allylic oxidation sites excluding steroid dienone is 1. The Hall–Kier alpha value is -3.64. The lowest BCUT2D eigenvalue weighted by molar-refractivity contribution is -0.114. The molecule has 0 amide bonds. The van der Waals surface area contributed by atoms with Gasteiger partial charge in [-0.25, -0.2) is 9.59 Å². The summed E-state index contributed by atoms with van der Waals surface area (Å²) in [6, 6.07) is 6.90. The molecule has 1 aromatic carbocycles. The molecular weight excluding hydrogens is 446 g/mol. The highest BCUT2D eigenvalue weighted by Gasteiger charge is 2.28. The van der Waals surface area contributed by atoms with E-state index >= 15 is 0 Å². The minimum Gasteiger partial charge on any atom is -0.497 e. The molecule has 33 heavy (non-hydrogen) atoms. The maximum atomic E-state index is 13.0. The standard InChI is InChI=1S/C24H25NO7S/c1-6-31-23(27)21-14(3)22(24(28)32-7-2)33-20(21)12-18(26)16(13-25)10-15-8-9-17(29-4)11-19(15)30-5/h8-11H,6-7,12H2,1-5H3/b16-10+. The Morgan fingerprint density at radius 1 is 1.06 bits per heavy atom. The van der Waals surface area contributed by atoms with Crippen LogP contribution in [0.15, 0.2) is 23.8 Å². The monoisotopic (exact) mass is 471 g/mol. The van der Waals surface area contributed by atoms with Gasteiger partial charge in [-0.05, 0) is 44.5 Å². The average Bonchev–Trinajstić information content (AvgIpc) is 3.13. The van der Waals surface area contributed by atoms with Crippen LogP contribution in [0.25, 0.3) is 6.08 Å². The first-order chi connectivity index (χ1) is 15.8. The van der Waals surface area contributed by atoms with Gasteiger partial charge >= 0.3 is 11.9 Å². The quantitative estimate of drug-likeness (QED) is 0.289. The molecule has 9 heteroatoms. The van der Waals surface area contributed by atoms with Gasteiger partial charge in [-0.3, -0.25) is 4.79 Å². The van der Waals surface area contributed by atoms with E-state index in [0.717, 1.165) is 11.3 Å². The summed E-state index contributed by atoms with van der Waals surface area (Å²) in [5.74, 6) is -0.739. The van der Waals surface area contributed by atoms with Crippen LogP contribution in [-0.4, -0.2) is 45.2 Å². The Kier molecular flexibility index (Phi) is 9.18. The number of nitriles is 1. The fourth-order valence-corrected chi connectivity index (χ4v) is 4.25. The predicted molar refractivity (Wildman–Crippen MR) is 123 cm³/mol. The van der Waals surface area contributed by atoms with Gasteiger partial charge in [0.2, 0.25) is 0 Å². The highest BCUT2D eigenvalue weighted by Crippen LogP contribution is 2.32. The first-order valence-electron chi connectivity index (χ1n) is 10.1. The van der Waals surface area contributed by atoms with Crippen molar-refractivity contribution in [2.45, 2.75) is 27.2 Å². The number of rotatable bonds is 10. The molecule has 2 aromatic rings. The van der Waals surface area contributed by atoms with Gasteiger partial charge in [0.05, 0.1) is 38.6 Å². The van der Waals surface area contributed by atoms with Gasteiger partial charge in [0, 0.05) is 22.9 Å². The summed E-state index contributed by atoms with van der Waals surface area (Å²) in [4.78, 5) is 38.4. The number of thiophene rings is 1. The molecule has 0 bridgehead atoms. The van der Waals surface area contributed by atoms with Crippen LogP contribution in [0.2, 0.25) is 0 Å². The van der Waals surface area contributed by atoms with Crippen molar-refractivity contribution in [2.24, 2.45) is 0 Å². The molecule has 8 nitrogen and oxygen atoms in total. The zero-order chi connectivity index (χ0) is 24.5. The fraction of sp³-hybridized carbons (Fsp3) is 0.333. The predicted octanol–water partition coefficient (Wildman–Crippen LogP) is 4.15. The Bertz CT molecular complexity index is 1120. The zero-order valence-corrected chi connectivity index (χ0v) is 20.0. The Balaban J connectivity index is 2.46. The Labute approximate surface area is 196 Å². The lowest BCUT2D eigenvalue weighted by Crippen LogP contribution is -2.12. The molecule has 0 aliphatic heterocycles. The van der Waals surface area contributed by atoms with Crippen molar-refractivity contribution in [1.82, 2.24) is 0 Å². The maximum Gasteiger partial charge on any atom is 0.348 e. The third-order valence-corrected chi connectivity index (χ3v) is 5.91. The van der Waals surface area contributed by atoms with Crippen LogP contribution in [0, 0.1) is 18.3 Å². The third kappa shape index (κ3) is 5.99. The fourth-order valence-electron chi connectivity index (χ4n) is 3.07. The van der Waals surface area contributed by atoms with Crippen LogP contribution in [0.1, 0.15) is 49.9 Å². The molecule has 0 saturated heterocycles. The van der Waals surface area contributed by atoms with E-state index in [-0.39, 0.29) is 35.6 Å². The van der Waals surface area contributed by atoms with Gasteiger partial charge in [-0.15, -0.1) is 11.3 Å². The summed E-state index contributed by atoms with van der Waals surface area (Å²) < 4.78 is 20.7. The number of carbonyl (C=O) groups is 3. The van der Waals surface area contributed by atoms with E-state index in [0.29, 0.717) is 27.5 Å². The summed E-state index contributed by atoms with van der Waals surface area (Å²) in [5, 5.41) is 9.61. The molecule has 0 spiro atoms. The highest BCUT2D eigenvalue weighted by atomic mass is 32.1. The van der Waals surface area contributed by atoms with Crippen molar-refractivity contribution in [3.05, 3.63) is 50.2 Å². The molecule has 0 fully saturated rings. The molecule has 0 N–H and O–H groups in total. The van der Waals surface area contributed by atoms with Gasteiger partial charge in [-0.2, -0.15) is 5.26 Å². The average molecular weight is 472 g/mol. The van der Waals surface area contributed by atoms with Crippen molar-refractivity contribution < 1.29 is 33.3 Å². The van der Waals surface area contributed by atoms with Gasteiger partial charge in [-0.1, -0.05) is 0 Å². The van der Waals surface area contributed by atoms with Gasteiger partial charge in [0.1, 0.15) is 22.4 Å². The number of methoxy groups -OCH3 is 2. The molecule has 0 aliphatic carbocycles. The van der Waals surface area contributed by atoms with E-state index in [1.54, 1.807) is 39.0 Å². The van der Waals surface area contributed by atoms with Crippen molar-refractivity contribution in [3.8, 4) is 17.6 Å². The van der Waals surface area contributed by atoms with Crippen molar-refractivity contribution >= 4 is 35.1 Å². The van der Waals surface area contributed by atoms with E-state index in [1.165, 1.54) is 20.3 Å². The molecule has 1 heterocycles. The molecule has 1 aromatic heterocycles. The second-order valence-corrected chi connectivity index (χ2v) is 7.78.